The molecular weight excluding hydrogens is 271 g/mol. The Labute approximate surface area is 120 Å². The summed E-state index contributed by atoms with van der Waals surface area (Å²) in [6, 6.07) is 11.4. The van der Waals surface area contributed by atoms with E-state index in [0.29, 0.717) is 28.0 Å². The van der Waals surface area contributed by atoms with Crippen LogP contribution in [-0.4, -0.2) is 16.7 Å². The summed E-state index contributed by atoms with van der Waals surface area (Å²) in [7, 11) is 1.51. The number of ether oxygens (including phenoxy) is 1. The monoisotopic (exact) mass is 282 g/mol. The van der Waals surface area contributed by atoms with Crippen molar-refractivity contribution in [3.05, 3.63) is 47.8 Å². The minimum Gasteiger partial charge on any atom is -0.495 e. The fraction of sp³-hybridized carbons (Fsp3) is 0.0667. The Morgan fingerprint density at radius 3 is 2.86 bits per heavy atom. The van der Waals surface area contributed by atoms with Crippen LogP contribution in [0.15, 0.2) is 36.4 Å². The van der Waals surface area contributed by atoms with Crippen molar-refractivity contribution in [3.8, 4) is 17.5 Å². The fourth-order valence-corrected chi connectivity index (χ4v) is 2.31. The van der Waals surface area contributed by atoms with Crippen molar-refractivity contribution >= 4 is 17.0 Å². The number of nitrogens with zero attached hydrogens (tertiary/aromatic N) is 3. The molecule has 0 aliphatic carbocycles. The lowest BCUT2D eigenvalue weighted by atomic mass is 10.1. The van der Waals surface area contributed by atoms with Crippen molar-refractivity contribution < 1.29 is 9.13 Å². The number of nitrogen functional groups attached to an aromatic ring is 1. The number of benzene rings is 2. The summed E-state index contributed by atoms with van der Waals surface area (Å²) in [4.78, 5) is 4.14. The molecule has 2 aromatic carbocycles. The number of rotatable bonds is 2. The number of halogens is 1. The number of aromatic nitrogens is 2. The number of hydrogen-bond donors (Lipinski definition) is 1. The number of fused-ring (bicyclic) bond motifs is 1. The average molecular weight is 282 g/mol. The van der Waals surface area contributed by atoms with E-state index in [4.69, 9.17) is 10.5 Å². The normalized spacial score (nSPS) is 10.5. The van der Waals surface area contributed by atoms with Crippen LogP contribution in [0.25, 0.3) is 16.7 Å². The molecule has 0 atom stereocenters. The van der Waals surface area contributed by atoms with E-state index < -0.39 is 5.82 Å². The van der Waals surface area contributed by atoms with E-state index >= 15 is 0 Å². The lowest BCUT2D eigenvalue weighted by Crippen LogP contribution is -2.05. The van der Waals surface area contributed by atoms with Crippen molar-refractivity contribution in [1.82, 2.24) is 9.55 Å². The van der Waals surface area contributed by atoms with Crippen LogP contribution in [0, 0.1) is 17.1 Å². The lowest BCUT2D eigenvalue weighted by molar-refractivity contribution is 0.413. The van der Waals surface area contributed by atoms with Crippen molar-refractivity contribution in [1.29, 1.82) is 5.26 Å². The van der Waals surface area contributed by atoms with Crippen LogP contribution in [0.2, 0.25) is 0 Å². The second-order valence-electron chi connectivity index (χ2n) is 4.41. The molecule has 0 radical (unpaired) electrons. The topological polar surface area (TPSA) is 76.9 Å². The molecule has 3 rings (SSSR count). The fourth-order valence-electron chi connectivity index (χ4n) is 2.31. The van der Waals surface area contributed by atoms with Gasteiger partial charge in [-0.15, -0.1) is 0 Å². The van der Waals surface area contributed by atoms with Gasteiger partial charge in [0.05, 0.1) is 23.7 Å². The first kappa shape index (κ1) is 12.9. The van der Waals surface area contributed by atoms with E-state index in [2.05, 4.69) is 11.1 Å². The van der Waals surface area contributed by atoms with Gasteiger partial charge in [-0.2, -0.15) is 5.26 Å². The number of para-hydroxylation sites is 1. The van der Waals surface area contributed by atoms with Gasteiger partial charge in [0.25, 0.3) is 0 Å². The molecule has 21 heavy (non-hydrogen) atoms. The molecule has 2 N–H and O–H groups in total. The average Bonchev–Trinajstić information content (AvgIpc) is 2.80. The molecule has 0 saturated carbocycles. The van der Waals surface area contributed by atoms with Gasteiger partial charge in [-0.25, -0.2) is 9.37 Å². The Morgan fingerprint density at radius 1 is 1.33 bits per heavy atom. The van der Waals surface area contributed by atoms with Gasteiger partial charge in [-0.1, -0.05) is 6.07 Å². The van der Waals surface area contributed by atoms with Crippen LogP contribution >= 0.6 is 0 Å². The Balaban J connectivity index is 2.41. The molecule has 0 unspecified atom stereocenters. The quantitative estimate of drug-likeness (QED) is 0.783. The second-order valence-corrected chi connectivity index (χ2v) is 4.41. The third-order valence-corrected chi connectivity index (χ3v) is 3.21. The van der Waals surface area contributed by atoms with Crippen LogP contribution in [0.4, 0.5) is 10.3 Å². The zero-order valence-corrected chi connectivity index (χ0v) is 11.2. The molecule has 0 aliphatic rings. The molecule has 0 spiro atoms. The predicted molar refractivity (Wildman–Crippen MR) is 76.7 cm³/mol. The third-order valence-electron chi connectivity index (χ3n) is 3.21. The summed E-state index contributed by atoms with van der Waals surface area (Å²) in [6.07, 6.45) is 0. The van der Waals surface area contributed by atoms with Crippen LogP contribution in [0.3, 0.4) is 0 Å². The maximum absolute atomic E-state index is 13.3. The molecular formula is C15H11FN4O. The molecule has 104 valence electrons. The van der Waals surface area contributed by atoms with Crippen molar-refractivity contribution in [3.63, 3.8) is 0 Å². The highest BCUT2D eigenvalue weighted by atomic mass is 19.1. The molecule has 0 aliphatic heterocycles. The maximum Gasteiger partial charge on any atom is 0.206 e. The molecule has 0 amide bonds. The third kappa shape index (κ3) is 1.96. The Hall–Kier alpha value is -3.07. The highest BCUT2D eigenvalue weighted by Crippen LogP contribution is 2.32. The zero-order valence-electron chi connectivity index (χ0n) is 11.2. The van der Waals surface area contributed by atoms with E-state index in [-0.39, 0.29) is 5.95 Å². The molecule has 3 aromatic rings. The molecule has 1 heterocycles. The summed E-state index contributed by atoms with van der Waals surface area (Å²) in [5.74, 6) is 0.258. The van der Waals surface area contributed by atoms with Crippen LogP contribution < -0.4 is 10.5 Å². The summed E-state index contributed by atoms with van der Waals surface area (Å²) in [5, 5.41) is 9.30. The highest BCUT2D eigenvalue weighted by molar-refractivity contribution is 5.82. The Morgan fingerprint density at radius 2 is 2.14 bits per heavy atom. The summed E-state index contributed by atoms with van der Waals surface area (Å²) in [6.45, 7) is 0. The van der Waals surface area contributed by atoms with Gasteiger partial charge in [0, 0.05) is 6.07 Å². The van der Waals surface area contributed by atoms with Crippen LogP contribution in [0.1, 0.15) is 5.56 Å². The van der Waals surface area contributed by atoms with Gasteiger partial charge >= 0.3 is 0 Å². The highest BCUT2D eigenvalue weighted by Gasteiger charge is 2.17. The first-order chi connectivity index (χ1) is 10.2. The lowest BCUT2D eigenvalue weighted by Gasteiger charge is -2.13. The number of hydrogen-bond acceptors (Lipinski definition) is 4. The summed E-state index contributed by atoms with van der Waals surface area (Å²) < 4.78 is 20.2. The minimum absolute atomic E-state index is 0.164. The van der Waals surface area contributed by atoms with E-state index in [1.807, 2.05) is 0 Å². The number of nitrogens with two attached hydrogens (primary N) is 1. The first-order valence-corrected chi connectivity index (χ1v) is 6.16. The molecule has 1 aromatic heterocycles. The van der Waals surface area contributed by atoms with Crippen molar-refractivity contribution in [2.45, 2.75) is 0 Å². The van der Waals surface area contributed by atoms with Crippen LogP contribution in [-0.2, 0) is 0 Å². The van der Waals surface area contributed by atoms with Gasteiger partial charge in [-0.05, 0) is 24.3 Å². The standard InChI is InChI=1S/C15H11FN4O/c1-21-13-4-2-3-9(8-17)14(13)20-12-6-5-10(16)7-11(12)19-15(20)18/h2-7H,1H3,(H2,18,19). The van der Waals surface area contributed by atoms with E-state index in [1.165, 1.54) is 19.2 Å². The molecule has 5 nitrogen and oxygen atoms in total. The van der Waals surface area contributed by atoms with Gasteiger partial charge < -0.3 is 10.5 Å². The Bertz CT molecular complexity index is 879. The largest absolute Gasteiger partial charge is 0.495 e. The molecule has 0 bridgehead atoms. The van der Waals surface area contributed by atoms with E-state index in [1.54, 1.807) is 28.8 Å². The molecule has 6 heteroatoms. The number of methoxy groups -OCH3 is 1. The SMILES string of the molecule is COc1cccc(C#N)c1-n1c(N)nc2cc(F)ccc21. The number of nitriles is 1. The van der Waals surface area contributed by atoms with Crippen LogP contribution in [0.5, 0.6) is 5.75 Å². The summed E-state index contributed by atoms with van der Waals surface area (Å²) >= 11 is 0. The second kappa shape index (κ2) is 4.80. The minimum atomic E-state index is -0.396. The zero-order chi connectivity index (χ0) is 15.0. The smallest absolute Gasteiger partial charge is 0.206 e. The molecule has 0 fully saturated rings. The predicted octanol–water partition coefficient (Wildman–Crippen LogP) is 2.63. The molecule has 0 saturated heterocycles. The maximum atomic E-state index is 13.3. The number of anilines is 1. The van der Waals surface area contributed by atoms with Gasteiger partial charge in [0.15, 0.2) is 0 Å². The van der Waals surface area contributed by atoms with E-state index in [9.17, 15) is 9.65 Å². The number of imidazole rings is 1. The van der Waals surface area contributed by atoms with Crippen molar-refractivity contribution in [2.24, 2.45) is 0 Å². The van der Waals surface area contributed by atoms with Gasteiger partial charge in [0.1, 0.15) is 23.3 Å². The van der Waals surface area contributed by atoms with Gasteiger partial charge in [0.2, 0.25) is 5.95 Å². The van der Waals surface area contributed by atoms with Gasteiger partial charge in [-0.3, -0.25) is 4.57 Å². The Kier molecular flexibility index (Phi) is 2.95. The van der Waals surface area contributed by atoms with E-state index in [0.717, 1.165) is 0 Å². The summed E-state index contributed by atoms with van der Waals surface area (Å²) in [5.41, 5.74) is 7.86. The first-order valence-electron chi connectivity index (χ1n) is 6.16. The van der Waals surface area contributed by atoms with Crippen molar-refractivity contribution in [2.75, 3.05) is 12.8 Å².